The largest absolute Gasteiger partial charge is 0.299 e. The van der Waals surface area contributed by atoms with E-state index in [1.165, 1.54) is 12.5 Å². The molecule has 0 spiro atoms. The molecule has 2 rings (SSSR count). The molecule has 1 aliphatic rings. The molecular formula is C10H11BrN2O2. The molecular weight excluding hydrogens is 260 g/mol. The van der Waals surface area contributed by atoms with Gasteiger partial charge in [-0.2, -0.15) is 0 Å². The fourth-order valence-electron chi connectivity index (χ4n) is 1.58. The second kappa shape index (κ2) is 4.28. The third-order valence-corrected chi connectivity index (χ3v) is 3.36. The molecule has 0 aromatic heterocycles. The summed E-state index contributed by atoms with van der Waals surface area (Å²) in [5, 5.41) is 10.6. The summed E-state index contributed by atoms with van der Waals surface area (Å²) in [6, 6.07) is 4.90. The van der Waals surface area contributed by atoms with Gasteiger partial charge in [0.2, 0.25) is 0 Å². The Morgan fingerprint density at radius 1 is 1.47 bits per heavy atom. The van der Waals surface area contributed by atoms with E-state index in [1.807, 2.05) is 0 Å². The standard InChI is InChI=1S/C10H11BrN2O2/c11-10-3-2-9(13(14)15)6-8(10)7-12-4-1-5-12/h2-3,6H,1,4-5,7H2. The number of halogens is 1. The molecule has 15 heavy (non-hydrogen) atoms. The minimum absolute atomic E-state index is 0.161. The number of hydrogen-bond donors (Lipinski definition) is 0. The Bertz CT molecular complexity index is 391. The van der Waals surface area contributed by atoms with Crippen molar-refractivity contribution in [2.45, 2.75) is 13.0 Å². The zero-order valence-corrected chi connectivity index (χ0v) is 9.74. The average molecular weight is 271 g/mol. The average Bonchev–Trinajstić information content (AvgIpc) is 2.13. The van der Waals surface area contributed by atoms with Crippen molar-refractivity contribution >= 4 is 21.6 Å². The van der Waals surface area contributed by atoms with Crippen LogP contribution in [0.2, 0.25) is 0 Å². The molecule has 1 aromatic rings. The van der Waals surface area contributed by atoms with Crippen LogP contribution in [0.4, 0.5) is 5.69 Å². The van der Waals surface area contributed by atoms with Gasteiger partial charge in [0.1, 0.15) is 0 Å². The van der Waals surface area contributed by atoms with Crippen LogP contribution in [0.3, 0.4) is 0 Å². The highest BCUT2D eigenvalue weighted by Gasteiger charge is 2.17. The molecule has 0 N–H and O–H groups in total. The van der Waals surface area contributed by atoms with Crippen molar-refractivity contribution in [3.05, 3.63) is 38.3 Å². The van der Waals surface area contributed by atoms with Gasteiger partial charge in [0.15, 0.2) is 0 Å². The molecule has 0 aliphatic carbocycles. The van der Waals surface area contributed by atoms with Crippen LogP contribution in [0.25, 0.3) is 0 Å². The molecule has 0 amide bonds. The maximum Gasteiger partial charge on any atom is 0.269 e. The first kappa shape index (κ1) is 10.6. The van der Waals surface area contributed by atoms with Crippen molar-refractivity contribution in [1.82, 2.24) is 4.90 Å². The predicted octanol–water partition coefficient (Wildman–Crippen LogP) is 2.56. The maximum atomic E-state index is 10.6. The molecule has 4 nitrogen and oxygen atoms in total. The summed E-state index contributed by atoms with van der Waals surface area (Å²) in [5.41, 5.74) is 1.15. The number of hydrogen-bond acceptors (Lipinski definition) is 3. The van der Waals surface area contributed by atoms with E-state index in [9.17, 15) is 10.1 Å². The number of nitro groups is 1. The monoisotopic (exact) mass is 270 g/mol. The normalized spacial score (nSPS) is 16.1. The van der Waals surface area contributed by atoms with Gasteiger partial charge in [0.05, 0.1) is 4.92 Å². The topological polar surface area (TPSA) is 46.4 Å². The van der Waals surface area contributed by atoms with Gasteiger partial charge in [-0.25, -0.2) is 0 Å². The van der Waals surface area contributed by atoms with Crippen LogP contribution in [-0.4, -0.2) is 22.9 Å². The summed E-state index contributed by atoms with van der Waals surface area (Å²) in [5.74, 6) is 0. The lowest BCUT2D eigenvalue weighted by atomic mass is 10.1. The van der Waals surface area contributed by atoms with E-state index in [0.717, 1.165) is 29.7 Å². The smallest absolute Gasteiger partial charge is 0.269 e. The van der Waals surface area contributed by atoms with E-state index in [1.54, 1.807) is 12.1 Å². The second-order valence-corrected chi connectivity index (χ2v) is 4.52. The highest BCUT2D eigenvalue weighted by molar-refractivity contribution is 9.10. The first-order valence-electron chi connectivity index (χ1n) is 4.82. The van der Waals surface area contributed by atoms with Gasteiger partial charge in [-0.3, -0.25) is 15.0 Å². The van der Waals surface area contributed by atoms with Crippen LogP contribution in [0.1, 0.15) is 12.0 Å². The minimum Gasteiger partial charge on any atom is -0.299 e. The zero-order chi connectivity index (χ0) is 10.8. The maximum absolute atomic E-state index is 10.6. The second-order valence-electron chi connectivity index (χ2n) is 3.66. The number of nitro benzene ring substituents is 1. The predicted molar refractivity (Wildman–Crippen MR) is 60.7 cm³/mol. The lowest BCUT2D eigenvalue weighted by Gasteiger charge is -2.30. The van der Waals surface area contributed by atoms with Crippen molar-refractivity contribution in [2.75, 3.05) is 13.1 Å². The summed E-state index contributed by atoms with van der Waals surface area (Å²) < 4.78 is 0.944. The highest BCUT2D eigenvalue weighted by atomic mass is 79.9. The first-order chi connectivity index (χ1) is 7.16. The molecule has 1 aliphatic heterocycles. The fraction of sp³-hybridized carbons (Fsp3) is 0.400. The van der Waals surface area contributed by atoms with Gasteiger partial charge in [-0.1, -0.05) is 15.9 Å². The van der Waals surface area contributed by atoms with E-state index in [2.05, 4.69) is 20.8 Å². The number of rotatable bonds is 3. The molecule has 0 unspecified atom stereocenters. The molecule has 1 aromatic carbocycles. The number of nitrogens with zero attached hydrogens (tertiary/aromatic N) is 2. The summed E-state index contributed by atoms with van der Waals surface area (Å²) in [4.78, 5) is 12.5. The quantitative estimate of drug-likeness (QED) is 0.627. The summed E-state index contributed by atoms with van der Waals surface area (Å²) in [6.45, 7) is 2.98. The van der Waals surface area contributed by atoms with Crippen LogP contribution in [0, 0.1) is 10.1 Å². The Hall–Kier alpha value is -0.940. The van der Waals surface area contributed by atoms with Crippen LogP contribution in [0.5, 0.6) is 0 Å². The molecule has 1 heterocycles. The van der Waals surface area contributed by atoms with Gasteiger partial charge in [-0.15, -0.1) is 0 Å². The van der Waals surface area contributed by atoms with Crippen molar-refractivity contribution in [3.63, 3.8) is 0 Å². The van der Waals surface area contributed by atoms with Gasteiger partial charge >= 0.3 is 0 Å². The van der Waals surface area contributed by atoms with Crippen LogP contribution in [0.15, 0.2) is 22.7 Å². The number of likely N-dealkylation sites (tertiary alicyclic amines) is 1. The van der Waals surface area contributed by atoms with Gasteiger partial charge < -0.3 is 0 Å². The van der Waals surface area contributed by atoms with Gasteiger partial charge in [-0.05, 0) is 31.1 Å². The van der Waals surface area contributed by atoms with Gasteiger partial charge in [0.25, 0.3) is 5.69 Å². The Balaban J connectivity index is 2.19. The summed E-state index contributed by atoms with van der Waals surface area (Å²) >= 11 is 3.41. The third-order valence-electron chi connectivity index (χ3n) is 2.58. The van der Waals surface area contributed by atoms with Crippen LogP contribution in [-0.2, 0) is 6.54 Å². The third kappa shape index (κ3) is 2.35. The Labute approximate surface area is 96.2 Å². The van der Waals surface area contributed by atoms with Gasteiger partial charge in [0, 0.05) is 23.2 Å². The van der Waals surface area contributed by atoms with Crippen molar-refractivity contribution in [3.8, 4) is 0 Å². The molecule has 0 atom stereocenters. The molecule has 0 radical (unpaired) electrons. The summed E-state index contributed by atoms with van der Waals surface area (Å²) in [7, 11) is 0. The van der Waals surface area contributed by atoms with E-state index in [0.29, 0.717) is 0 Å². The van der Waals surface area contributed by atoms with Crippen LogP contribution >= 0.6 is 15.9 Å². The lowest BCUT2D eigenvalue weighted by Crippen LogP contribution is -2.36. The van der Waals surface area contributed by atoms with Crippen molar-refractivity contribution < 1.29 is 4.92 Å². The van der Waals surface area contributed by atoms with E-state index in [4.69, 9.17) is 0 Å². The molecule has 1 saturated heterocycles. The Morgan fingerprint density at radius 3 is 2.73 bits per heavy atom. The molecule has 80 valence electrons. The SMILES string of the molecule is O=[N+]([O-])c1ccc(Br)c(CN2CCC2)c1. The van der Waals surface area contributed by atoms with Crippen molar-refractivity contribution in [2.24, 2.45) is 0 Å². The molecule has 1 fully saturated rings. The first-order valence-corrected chi connectivity index (χ1v) is 5.61. The number of benzene rings is 1. The Morgan fingerprint density at radius 2 is 2.20 bits per heavy atom. The summed E-state index contributed by atoms with van der Waals surface area (Å²) in [6.07, 6.45) is 1.23. The van der Waals surface area contributed by atoms with E-state index >= 15 is 0 Å². The lowest BCUT2D eigenvalue weighted by molar-refractivity contribution is -0.384. The van der Waals surface area contributed by atoms with E-state index in [-0.39, 0.29) is 10.6 Å². The molecule has 0 saturated carbocycles. The highest BCUT2D eigenvalue weighted by Crippen LogP contribution is 2.25. The molecule has 5 heteroatoms. The fourth-order valence-corrected chi connectivity index (χ4v) is 1.95. The molecule has 0 bridgehead atoms. The van der Waals surface area contributed by atoms with Crippen molar-refractivity contribution in [1.29, 1.82) is 0 Å². The number of non-ortho nitro benzene ring substituents is 1. The Kier molecular flexibility index (Phi) is 3.02. The zero-order valence-electron chi connectivity index (χ0n) is 8.15. The van der Waals surface area contributed by atoms with Crippen LogP contribution < -0.4 is 0 Å². The minimum atomic E-state index is -0.355. The van der Waals surface area contributed by atoms with E-state index < -0.39 is 0 Å².